The number of hydrogen-bond acceptors (Lipinski definition) is 3. The van der Waals surface area contributed by atoms with Crippen molar-refractivity contribution < 1.29 is 13.6 Å². The maximum atomic E-state index is 13.2. The molecule has 1 N–H and O–H groups in total. The Labute approximate surface area is 132 Å². The van der Waals surface area contributed by atoms with Crippen LogP contribution in [0.15, 0.2) is 42.7 Å². The van der Waals surface area contributed by atoms with Gasteiger partial charge in [0, 0.05) is 56.0 Å². The molecule has 2 aromatic rings. The third-order valence-electron chi connectivity index (χ3n) is 3.77. The molecule has 0 unspecified atom stereocenters. The molecule has 23 heavy (non-hydrogen) atoms. The first-order valence-corrected chi connectivity index (χ1v) is 7.29. The highest BCUT2D eigenvalue weighted by molar-refractivity contribution is 5.89. The first kappa shape index (κ1) is 15.2. The van der Waals surface area contributed by atoms with Crippen molar-refractivity contribution >= 4 is 17.4 Å². The molecule has 0 saturated carbocycles. The summed E-state index contributed by atoms with van der Waals surface area (Å²) in [4.78, 5) is 20.0. The fourth-order valence-corrected chi connectivity index (χ4v) is 2.50. The summed E-state index contributed by atoms with van der Waals surface area (Å²) >= 11 is 0. The minimum Gasteiger partial charge on any atom is -0.368 e. The number of amides is 2. The van der Waals surface area contributed by atoms with Crippen molar-refractivity contribution in [3.05, 3.63) is 54.4 Å². The van der Waals surface area contributed by atoms with E-state index >= 15 is 0 Å². The maximum absolute atomic E-state index is 13.2. The molecule has 120 valence electrons. The molecule has 5 nitrogen and oxygen atoms in total. The SMILES string of the molecule is O=C(Nc1ccc(F)c(F)c1)N1CCN(c2ccncc2)CC1. The fraction of sp³-hybridized carbons (Fsp3) is 0.250. The van der Waals surface area contributed by atoms with Gasteiger partial charge >= 0.3 is 6.03 Å². The van der Waals surface area contributed by atoms with Gasteiger partial charge in [0.2, 0.25) is 0 Å². The summed E-state index contributed by atoms with van der Waals surface area (Å²) in [5, 5.41) is 2.59. The molecule has 0 spiro atoms. The van der Waals surface area contributed by atoms with E-state index in [1.165, 1.54) is 6.07 Å². The van der Waals surface area contributed by atoms with Crippen LogP contribution in [0.3, 0.4) is 0 Å². The number of aromatic nitrogens is 1. The van der Waals surface area contributed by atoms with E-state index in [2.05, 4.69) is 15.2 Å². The van der Waals surface area contributed by atoms with Gasteiger partial charge in [0.25, 0.3) is 0 Å². The molecule has 0 radical (unpaired) electrons. The van der Waals surface area contributed by atoms with Crippen LogP contribution in [0.4, 0.5) is 25.0 Å². The molecule has 3 rings (SSSR count). The quantitative estimate of drug-likeness (QED) is 0.926. The van der Waals surface area contributed by atoms with Crippen LogP contribution in [0.1, 0.15) is 0 Å². The second kappa shape index (κ2) is 6.60. The standard InChI is InChI=1S/C16H16F2N4O/c17-14-2-1-12(11-15(14)18)20-16(23)22-9-7-21(8-10-22)13-3-5-19-6-4-13/h1-6,11H,7-10H2,(H,20,23). The van der Waals surface area contributed by atoms with Crippen molar-refractivity contribution in [1.82, 2.24) is 9.88 Å². The zero-order chi connectivity index (χ0) is 16.2. The maximum Gasteiger partial charge on any atom is 0.321 e. The summed E-state index contributed by atoms with van der Waals surface area (Å²) < 4.78 is 26.0. The Bertz CT molecular complexity index is 688. The van der Waals surface area contributed by atoms with Crippen molar-refractivity contribution in [1.29, 1.82) is 0 Å². The van der Waals surface area contributed by atoms with Gasteiger partial charge < -0.3 is 15.1 Å². The van der Waals surface area contributed by atoms with Gasteiger partial charge in [0.15, 0.2) is 11.6 Å². The van der Waals surface area contributed by atoms with Gasteiger partial charge in [-0.2, -0.15) is 0 Å². The monoisotopic (exact) mass is 318 g/mol. The van der Waals surface area contributed by atoms with Gasteiger partial charge in [-0.25, -0.2) is 13.6 Å². The summed E-state index contributed by atoms with van der Waals surface area (Å²) in [6.07, 6.45) is 3.47. The first-order chi connectivity index (χ1) is 11.1. The average molecular weight is 318 g/mol. The van der Waals surface area contributed by atoms with Crippen LogP contribution < -0.4 is 10.2 Å². The Kier molecular flexibility index (Phi) is 4.36. The molecule has 0 atom stereocenters. The van der Waals surface area contributed by atoms with Gasteiger partial charge in [-0.3, -0.25) is 4.98 Å². The number of carbonyl (C=O) groups excluding carboxylic acids is 1. The summed E-state index contributed by atoms with van der Waals surface area (Å²) in [6, 6.07) is 6.84. The van der Waals surface area contributed by atoms with Crippen LogP contribution in [0, 0.1) is 11.6 Å². The second-order valence-corrected chi connectivity index (χ2v) is 5.24. The summed E-state index contributed by atoms with van der Waals surface area (Å²) in [5.74, 6) is -1.92. The molecule has 1 aliphatic heterocycles. The third kappa shape index (κ3) is 3.56. The lowest BCUT2D eigenvalue weighted by Crippen LogP contribution is -2.50. The molecular weight excluding hydrogens is 302 g/mol. The fourth-order valence-electron chi connectivity index (χ4n) is 2.50. The molecule has 2 heterocycles. The Morgan fingerprint density at radius 3 is 2.35 bits per heavy atom. The van der Waals surface area contributed by atoms with E-state index in [-0.39, 0.29) is 11.7 Å². The van der Waals surface area contributed by atoms with Crippen LogP contribution >= 0.6 is 0 Å². The van der Waals surface area contributed by atoms with E-state index in [0.29, 0.717) is 26.2 Å². The molecule has 1 saturated heterocycles. The predicted octanol–water partition coefficient (Wildman–Crippen LogP) is 2.71. The zero-order valence-corrected chi connectivity index (χ0v) is 12.4. The molecule has 1 aliphatic rings. The van der Waals surface area contributed by atoms with Crippen LogP contribution in [0.25, 0.3) is 0 Å². The Hall–Kier alpha value is -2.70. The van der Waals surface area contributed by atoms with Crippen LogP contribution in [0.5, 0.6) is 0 Å². The molecule has 1 aromatic carbocycles. The van der Waals surface area contributed by atoms with Crippen molar-refractivity contribution in [2.75, 3.05) is 36.4 Å². The Morgan fingerprint density at radius 1 is 1.00 bits per heavy atom. The zero-order valence-electron chi connectivity index (χ0n) is 12.4. The highest BCUT2D eigenvalue weighted by Gasteiger charge is 2.21. The first-order valence-electron chi connectivity index (χ1n) is 7.29. The van der Waals surface area contributed by atoms with E-state index in [1.807, 2.05) is 12.1 Å². The number of anilines is 2. The second-order valence-electron chi connectivity index (χ2n) is 5.24. The van der Waals surface area contributed by atoms with Gasteiger partial charge in [0.1, 0.15) is 0 Å². The van der Waals surface area contributed by atoms with E-state index in [0.717, 1.165) is 17.8 Å². The number of benzene rings is 1. The number of hydrogen-bond donors (Lipinski definition) is 1. The van der Waals surface area contributed by atoms with E-state index in [4.69, 9.17) is 0 Å². The Morgan fingerprint density at radius 2 is 1.70 bits per heavy atom. The number of halogens is 2. The predicted molar refractivity (Wildman–Crippen MR) is 83.4 cm³/mol. The van der Waals surface area contributed by atoms with Crippen LogP contribution in [0.2, 0.25) is 0 Å². The van der Waals surface area contributed by atoms with Crippen LogP contribution in [-0.4, -0.2) is 42.1 Å². The summed E-state index contributed by atoms with van der Waals surface area (Å²) in [7, 11) is 0. The van der Waals surface area contributed by atoms with Crippen molar-refractivity contribution in [2.45, 2.75) is 0 Å². The number of pyridine rings is 1. The number of carbonyl (C=O) groups is 1. The summed E-state index contributed by atoms with van der Waals surface area (Å²) in [5.41, 5.74) is 1.31. The van der Waals surface area contributed by atoms with Gasteiger partial charge in [-0.05, 0) is 24.3 Å². The molecule has 0 aliphatic carbocycles. The Balaban J connectivity index is 1.57. The van der Waals surface area contributed by atoms with E-state index in [1.54, 1.807) is 17.3 Å². The van der Waals surface area contributed by atoms with Gasteiger partial charge in [0.05, 0.1) is 0 Å². The third-order valence-corrected chi connectivity index (χ3v) is 3.77. The van der Waals surface area contributed by atoms with Crippen molar-refractivity contribution in [3.8, 4) is 0 Å². The lowest BCUT2D eigenvalue weighted by atomic mass is 10.2. The number of nitrogens with one attached hydrogen (secondary N) is 1. The molecule has 7 heteroatoms. The highest BCUT2D eigenvalue weighted by Crippen LogP contribution is 2.17. The van der Waals surface area contributed by atoms with Gasteiger partial charge in [-0.15, -0.1) is 0 Å². The van der Waals surface area contributed by atoms with Gasteiger partial charge in [-0.1, -0.05) is 0 Å². The molecule has 1 aromatic heterocycles. The minimum atomic E-state index is -0.981. The lowest BCUT2D eigenvalue weighted by Gasteiger charge is -2.36. The average Bonchev–Trinajstić information content (AvgIpc) is 2.59. The van der Waals surface area contributed by atoms with Crippen LogP contribution in [-0.2, 0) is 0 Å². The topological polar surface area (TPSA) is 48.5 Å². The lowest BCUT2D eigenvalue weighted by molar-refractivity contribution is 0.208. The number of nitrogens with zero attached hydrogens (tertiary/aromatic N) is 3. The highest BCUT2D eigenvalue weighted by atomic mass is 19.2. The number of rotatable bonds is 2. The van der Waals surface area contributed by atoms with Crippen molar-refractivity contribution in [2.24, 2.45) is 0 Å². The normalized spacial score (nSPS) is 14.7. The van der Waals surface area contributed by atoms with Crippen molar-refractivity contribution in [3.63, 3.8) is 0 Å². The molecule has 2 amide bonds. The van der Waals surface area contributed by atoms with E-state index < -0.39 is 11.6 Å². The number of urea groups is 1. The molecule has 0 bridgehead atoms. The largest absolute Gasteiger partial charge is 0.368 e. The molecular formula is C16H16F2N4O. The summed E-state index contributed by atoms with van der Waals surface area (Å²) in [6.45, 7) is 2.51. The number of piperazine rings is 1. The smallest absolute Gasteiger partial charge is 0.321 e. The molecule has 1 fully saturated rings. The minimum absolute atomic E-state index is 0.241. The van der Waals surface area contributed by atoms with E-state index in [9.17, 15) is 13.6 Å².